The number of benzene rings is 2. The molecule has 0 radical (unpaired) electrons. The molecule has 0 fully saturated rings. The Labute approximate surface area is 229 Å². The number of ether oxygens (including phenoxy) is 3. The molecule has 40 heavy (non-hydrogen) atoms. The third-order valence-corrected chi connectivity index (χ3v) is 6.38. The molecule has 0 atom stereocenters. The van der Waals surface area contributed by atoms with Crippen molar-refractivity contribution in [3.8, 4) is 11.5 Å². The molecule has 2 aromatic heterocycles. The van der Waals surface area contributed by atoms with Crippen LogP contribution in [0.15, 0.2) is 36.4 Å². The highest BCUT2D eigenvalue weighted by atomic mass is 32.2. The molecule has 0 spiro atoms. The summed E-state index contributed by atoms with van der Waals surface area (Å²) in [5.41, 5.74) is 1.97. The highest BCUT2D eigenvalue weighted by molar-refractivity contribution is 7.92. The second kappa shape index (κ2) is 11.7. The molecule has 2 aromatic carbocycles. The zero-order chi connectivity index (χ0) is 29.8. The normalized spacial score (nSPS) is 11.4. The molecule has 2 heterocycles. The van der Waals surface area contributed by atoms with E-state index in [0.29, 0.717) is 44.7 Å². The van der Waals surface area contributed by atoms with Crippen molar-refractivity contribution < 1.29 is 45.7 Å². The molecule has 0 aliphatic heterocycles. The van der Waals surface area contributed by atoms with Gasteiger partial charge in [-0.15, -0.1) is 0 Å². The number of fused-ring (bicyclic) bond motifs is 2. The zero-order valence-electron chi connectivity index (χ0n) is 22.1. The number of sulfonamides is 2. The number of hydrogen-bond donors (Lipinski definition) is 5. The third kappa shape index (κ3) is 7.57. The van der Waals surface area contributed by atoms with Gasteiger partial charge in [0, 0.05) is 21.8 Å². The Bertz CT molecular complexity index is 1790. The first-order valence-corrected chi connectivity index (χ1v) is 15.2. The summed E-state index contributed by atoms with van der Waals surface area (Å²) in [7, 11) is -4.04. The number of methoxy groups -OCH3 is 2. The summed E-state index contributed by atoms with van der Waals surface area (Å²) in [5.74, 6) is -0.880. The topological polar surface area (TPSA) is 206 Å². The van der Waals surface area contributed by atoms with Gasteiger partial charge in [0.2, 0.25) is 20.0 Å². The molecule has 0 aliphatic carbocycles. The first kappa shape index (κ1) is 30.1. The van der Waals surface area contributed by atoms with E-state index in [1.807, 2.05) is 0 Å². The van der Waals surface area contributed by atoms with Crippen LogP contribution in [0, 0.1) is 0 Å². The van der Waals surface area contributed by atoms with Crippen LogP contribution >= 0.6 is 0 Å². The largest absolute Gasteiger partial charge is 0.495 e. The van der Waals surface area contributed by atoms with Crippen LogP contribution in [-0.4, -0.2) is 77.2 Å². The van der Waals surface area contributed by atoms with Crippen molar-refractivity contribution in [1.29, 1.82) is 0 Å². The summed E-state index contributed by atoms with van der Waals surface area (Å²) in [5, 5.41) is 10.2. The summed E-state index contributed by atoms with van der Waals surface area (Å²) < 4.78 is 65.0. The van der Waals surface area contributed by atoms with Crippen LogP contribution in [0.25, 0.3) is 21.8 Å². The number of carboxylic acids is 1. The number of rotatable bonds is 9. The number of esters is 1. The number of aromatic amines is 2. The van der Waals surface area contributed by atoms with Gasteiger partial charge in [0.1, 0.15) is 22.9 Å². The minimum absolute atomic E-state index is 0.0218. The van der Waals surface area contributed by atoms with Crippen molar-refractivity contribution in [2.45, 2.75) is 6.92 Å². The number of aromatic carboxylic acids is 1. The van der Waals surface area contributed by atoms with Gasteiger partial charge in [-0.2, -0.15) is 0 Å². The van der Waals surface area contributed by atoms with Crippen LogP contribution in [0.3, 0.4) is 0 Å². The van der Waals surface area contributed by atoms with Gasteiger partial charge in [-0.1, -0.05) is 0 Å². The van der Waals surface area contributed by atoms with Crippen molar-refractivity contribution in [2.75, 3.05) is 42.8 Å². The lowest BCUT2D eigenvalue weighted by Gasteiger charge is -2.09. The number of hydrogen-bond acceptors (Lipinski definition) is 9. The lowest BCUT2D eigenvalue weighted by Crippen LogP contribution is -2.10. The van der Waals surface area contributed by atoms with E-state index in [9.17, 15) is 26.4 Å². The van der Waals surface area contributed by atoms with E-state index in [1.165, 1.54) is 26.4 Å². The fraction of sp³-hybridized carbons (Fsp3) is 0.250. The molecule has 14 nitrogen and oxygen atoms in total. The van der Waals surface area contributed by atoms with Crippen molar-refractivity contribution in [3.63, 3.8) is 0 Å². The van der Waals surface area contributed by atoms with Gasteiger partial charge in [-0.05, 0) is 43.3 Å². The number of carbonyl (C=O) groups excluding carboxylic acids is 1. The third-order valence-electron chi connectivity index (χ3n) is 5.20. The van der Waals surface area contributed by atoms with Crippen LogP contribution < -0.4 is 18.9 Å². The Morgan fingerprint density at radius 3 is 1.57 bits per heavy atom. The number of nitrogens with one attached hydrogen (secondary N) is 4. The van der Waals surface area contributed by atoms with Gasteiger partial charge in [-0.3, -0.25) is 9.44 Å². The summed E-state index contributed by atoms with van der Waals surface area (Å²) in [4.78, 5) is 28.1. The molecule has 0 aliphatic rings. The molecule has 16 heteroatoms. The van der Waals surface area contributed by atoms with E-state index in [4.69, 9.17) is 19.3 Å². The Morgan fingerprint density at radius 1 is 0.775 bits per heavy atom. The van der Waals surface area contributed by atoms with Gasteiger partial charge in [0.25, 0.3) is 0 Å². The lowest BCUT2D eigenvalue weighted by molar-refractivity contribution is 0.0520. The minimum Gasteiger partial charge on any atom is -0.495 e. The van der Waals surface area contributed by atoms with E-state index in [0.717, 1.165) is 12.5 Å². The summed E-state index contributed by atoms with van der Waals surface area (Å²) in [6, 6.07) is 9.33. The first-order valence-electron chi connectivity index (χ1n) is 11.4. The zero-order valence-corrected chi connectivity index (χ0v) is 23.7. The molecule has 0 unspecified atom stereocenters. The highest BCUT2D eigenvalue weighted by Gasteiger charge is 2.16. The van der Waals surface area contributed by atoms with Crippen LogP contribution in [0.2, 0.25) is 0 Å². The van der Waals surface area contributed by atoms with Crippen molar-refractivity contribution in [2.24, 2.45) is 0 Å². The highest BCUT2D eigenvalue weighted by Crippen LogP contribution is 2.32. The first-order chi connectivity index (χ1) is 18.6. The SMILES string of the molecule is CCOC(=O)c1cc2cc(OC)c(NS(C)(=O)=O)cc2[nH]1.COc1cc2cc(C(=O)O)[nH]c2cc1NS(C)(=O)=O. The van der Waals surface area contributed by atoms with Crippen molar-refractivity contribution >= 4 is 65.2 Å². The summed E-state index contributed by atoms with van der Waals surface area (Å²) >= 11 is 0. The van der Waals surface area contributed by atoms with E-state index in [2.05, 4.69) is 19.4 Å². The number of anilines is 2. The molecule has 216 valence electrons. The number of carbonyl (C=O) groups is 2. The van der Waals surface area contributed by atoms with Crippen molar-refractivity contribution in [1.82, 2.24) is 9.97 Å². The molecular weight excluding hydrogens is 568 g/mol. The fourth-order valence-corrected chi connectivity index (χ4v) is 4.77. The molecule has 0 saturated carbocycles. The Morgan fingerprint density at radius 2 is 1.20 bits per heavy atom. The lowest BCUT2D eigenvalue weighted by atomic mass is 10.2. The van der Waals surface area contributed by atoms with E-state index in [1.54, 1.807) is 31.2 Å². The molecule has 0 bridgehead atoms. The van der Waals surface area contributed by atoms with E-state index < -0.39 is 32.0 Å². The smallest absolute Gasteiger partial charge is 0.354 e. The fourth-order valence-electron chi connectivity index (χ4n) is 3.65. The maximum absolute atomic E-state index is 11.7. The van der Waals surface area contributed by atoms with Crippen LogP contribution in [-0.2, 0) is 24.8 Å². The molecule has 0 saturated heterocycles. The van der Waals surface area contributed by atoms with Crippen LogP contribution in [0.5, 0.6) is 11.5 Å². The predicted octanol–water partition coefficient (Wildman–Crippen LogP) is 2.97. The Kier molecular flexibility index (Phi) is 8.84. The maximum atomic E-state index is 11.7. The Hall–Kier alpha value is -4.44. The van der Waals surface area contributed by atoms with Gasteiger partial charge in [0.15, 0.2) is 0 Å². The average molecular weight is 597 g/mol. The summed E-state index contributed by atoms with van der Waals surface area (Å²) in [6.45, 7) is 2.00. The summed E-state index contributed by atoms with van der Waals surface area (Å²) in [6.07, 6.45) is 2.07. The standard InChI is InChI=1S/C13H16N2O5S.C11H12N2O5S/c1-4-20-13(16)11-5-8-6-12(19-2)10(7-9(8)14-11)15-21(3,17)18;1-18-10-4-6-3-9(11(14)15)12-7(6)5-8(10)13-19(2,16)17/h5-7,14-15H,4H2,1-3H3;3-5,12-13H,1-2H3,(H,14,15). The van der Waals surface area contributed by atoms with Gasteiger partial charge >= 0.3 is 11.9 Å². The number of carboxylic acid groups (broad SMARTS) is 1. The van der Waals surface area contributed by atoms with Gasteiger partial charge in [-0.25, -0.2) is 26.4 Å². The number of H-pyrrole nitrogens is 2. The molecule has 4 rings (SSSR count). The van der Waals surface area contributed by atoms with Crippen LogP contribution in [0.4, 0.5) is 11.4 Å². The molecular formula is C24H28N4O10S2. The van der Waals surface area contributed by atoms with Crippen molar-refractivity contribution in [3.05, 3.63) is 47.8 Å². The molecule has 4 aromatic rings. The molecule has 5 N–H and O–H groups in total. The maximum Gasteiger partial charge on any atom is 0.354 e. The number of aromatic nitrogens is 2. The van der Waals surface area contributed by atoms with Gasteiger partial charge < -0.3 is 29.3 Å². The monoisotopic (exact) mass is 596 g/mol. The van der Waals surface area contributed by atoms with E-state index in [-0.39, 0.29) is 18.0 Å². The van der Waals surface area contributed by atoms with Gasteiger partial charge in [0.05, 0.1) is 44.7 Å². The minimum atomic E-state index is -3.45. The average Bonchev–Trinajstić information content (AvgIpc) is 3.45. The second-order valence-corrected chi connectivity index (χ2v) is 11.9. The predicted molar refractivity (Wildman–Crippen MR) is 150 cm³/mol. The van der Waals surface area contributed by atoms with E-state index >= 15 is 0 Å². The quantitative estimate of drug-likeness (QED) is 0.179. The Balaban J connectivity index is 0.000000222. The molecule has 0 amide bonds. The second-order valence-electron chi connectivity index (χ2n) is 8.42. The van der Waals surface area contributed by atoms with Crippen LogP contribution in [0.1, 0.15) is 27.9 Å².